The van der Waals surface area contributed by atoms with Gasteiger partial charge >= 0.3 is 0 Å². The van der Waals surface area contributed by atoms with E-state index >= 15 is 0 Å². The summed E-state index contributed by atoms with van der Waals surface area (Å²) in [5.41, 5.74) is 2.29. The molecule has 0 N–H and O–H groups in total. The number of benzene rings is 2. The fourth-order valence-electron chi connectivity index (χ4n) is 5.21. The summed E-state index contributed by atoms with van der Waals surface area (Å²) in [7, 11) is 3.40. The molecule has 3 heterocycles. The molecule has 3 aliphatic heterocycles. The Morgan fingerprint density at radius 3 is 2.34 bits per heavy atom. The van der Waals surface area contributed by atoms with E-state index in [2.05, 4.69) is 0 Å². The van der Waals surface area contributed by atoms with Gasteiger partial charge in [-0.05, 0) is 29.3 Å². The number of nitrogens with zero attached hydrogens (tertiary/aromatic N) is 2. The van der Waals surface area contributed by atoms with Gasteiger partial charge in [-0.25, -0.2) is 0 Å². The number of hydrogen-bond donors (Lipinski definition) is 0. The standard InChI is InChI=1S/C25H28N2O5/c1-26-22(17-7-9-18(30-2)10-8-17)21(19-5-3-4-6-20(19)23(26)28)24(29)27-13-11-25(12-14-27)31-15-16-32-25/h3-10,21-22H,11-16H2,1-2H3/t21-,22+/m0/s1. The molecule has 3 aliphatic rings. The van der Waals surface area contributed by atoms with Crippen LogP contribution >= 0.6 is 0 Å². The molecule has 0 saturated carbocycles. The highest BCUT2D eigenvalue weighted by Gasteiger charge is 2.47. The fourth-order valence-corrected chi connectivity index (χ4v) is 5.21. The van der Waals surface area contributed by atoms with Crippen LogP contribution in [0.4, 0.5) is 0 Å². The molecule has 168 valence electrons. The molecule has 0 aliphatic carbocycles. The number of hydrogen-bond acceptors (Lipinski definition) is 5. The van der Waals surface area contributed by atoms with E-state index in [1.807, 2.05) is 53.4 Å². The van der Waals surface area contributed by atoms with Gasteiger partial charge in [-0.1, -0.05) is 30.3 Å². The molecule has 7 heteroatoms. The molecule has 5 rings (SSSR count). The number of rotatable bonds is 3. The van der Waals surface area contributed by atoms with Gasteiger partial charge in [0.25, 0.3) is 5.91 Å². The quantitative estimate of drug-likeness (QED) is 0.740. The molecule has 7 nitrogen and oxygen atoms in total. The number of likely N-dealkylation sites (tertiary alicyclic amines) is 1. The molecule has 2 aromatic rings. The number of amides is 2. The Morgan fingerprint density at radius 1 is 1.03 bits per heavy atom. The first-order valence-electron chi connectivity index (χ1n) is 11.1. The Labute approximate surface area is 187 Å². The molecule has 0 unspecified atom stereocenters. The maximum absolute atomic E-state index is 14.0. The molecule has 2 saturated heterocycles. The molecule has 2 atom stereocenters. The van der Waals surface area contributed by atoms with Crippen molar-refractivity contribution in [1.82, 2.24) is 9.80 Å². The van der Waals surface area contributed by atoms with Gasteiger partial charge < -0.3 is 24.0 Å². The largest absolute Gasteiger partial charge is 0.497 e. The zero-order valence-electron chi connectivity index (χ0n) is 18.5. The van der Waals surface area contributed by atoms with Gasteiger partial charge in [0.1, 0.15) is 5.75 Å². The minimum Gasteiger partial charge on any atom is -0.497 e. The predicted octanol–water partition coefficient (Wildman–Crippen LogP) is 2.97. The van der Waals surface area contributed by atoms with Crippen LogP contribution in [0, 0.1) is 0 Å². The van der Waals surface area contributed by atoms with Crippen LogP contribution in [0.3, 0.4) is 0 Å². The van der Waals surface area contributed by atoms with Crippen LogP contribution < -0.4 is 4.74 Å². The van der Waals surface area contributed by atoms with Gasteiger partial charge in [0.05, 0.1) is 32.3 Å². The minimum absolute atomic E-state index is 0.0328. The van der Waals surface area contributed by atoms with Gasteiger partial charge in [0.2, 0.25) is 5.91 Å². The van der Waals surface area contributed by atoms with Crippen molar-refractivity contribution in [2.24, 2.45) is 0 Å². The molecule has 2 amide bonds. The van der Waals surface area contributed by atoms with Crippen LogP contribution in [0.2, 0.25) is 0 Å². The number of likely N-dealkylation sites (N-methyl/N-ethyl adjacent to an activating group) is 1. The molecule has 0 bridgehead atoms. The number of carbonyl (C=O) groups is 2. The summed E-state index contributed by atoms with van der Waals surface area (Å²) in [5.74, 6) is -0.327. The highest BCUT2D eigenvalue weighted by molar-refractivity contribution is 6.01. The van der Waals surface area contributed by atoms with E-state index in [1.54, 1.807) is 19.1 Å². The van der Waals surface area contributed by atoms with Crippen LogP contribution in [-0.4, -0.2) is 67.9 Å². The number of fused-ring (bicyclic) bond motifs is 1. The second-order valence-electron chi connectivity index (χ2n) is 8.63. The first-order valence-corrected chi connectivity index (χ1v) is 11.1. The van der Waals surface area contributed by atoms with Gasteiger partial charge in [-0.15, -0.1) is 0 Å². The van der Waals surface area contributed by atoms with E-state index < -0.39 is 17.7 Å². The highest BCUT2D eigenvalue weighted by Crippen LogP contribution is 2.44. The molecule has 2 fully saturated rings. The van der Waals surface area contributed by atoms with Crippen LogP contribution in [0.15, 0.2) is 48.5 Å². The predicted molar refractivity (Wildman–Crippen MR) is 117 cm³/mol. The average Bonchev–Trinajstić information content (AvgIpc) is 3.29. The van der Waals surface area contributed by atoms with E-state index in [4.69, 9.17) is 14.2 Å². The normalized spacial score (nSPS) is 24.5. The lowest BCUT2D eigenvalue weighted by Gasteiger charge is -2.44. The Kier molecular flexibility index (Phi) is 5.39. The number of piperidine rings is 1. The molecule has 32 heavy (non-hydrogen) atoms. The molecule has 2 aromatic carbocycles. The van der Waals surface area contributed by atoms with Gasteiger partial charge in [-0.3, -0.25) is 9.59 Å². The van der Waals surface area contributed by atoms with Crippen molar-refractivity contribution in [3.8, 4) is 5.75 Å². The molecular weight excluding hydrogens is 408 g/mol. The summed E-state index contributed by atoms with van der Waals surface area (Å²) >= 11 is 0. The highest BCUT2D eigenvalue weighted by atomic mass is 16.7. The summed E-state index contributed by atoms with van der Waals surface area (Å²) < 4.78 is 17.0. The first-order chi connectivity index (χ1) is 15.5. The van der Waals surface area contributed by atoms with E-state index in [1.165, 1.54) is 0 Å². The van der Waals surface area contributed by atoms with E-state index in [9.17, 15) is 9.59 Å². The third-order valence-corrected chi connectivity index (χ3v) is 6.95. The Bertz CT molecular complexity index is 1010. The molecule has 0 radical (unpaired) electrons. The molecule has 0 aromatic heterocycles. The topological polar surface area (TPSA) is 68.3 Å². The van der Waals surface area contributed by atoms with Crippen LogP contribution in [-0.2, 0) is 14.3 Å². The zero-order chi connectivity index (χ0) is 22.3. The number of ether oxygens (including phenoxy) is 3. The number of carbonyl (C=O) groups excluding carboxylic acids is 2. The van der Waals surface area contributed by atoms with E-state index in [0.717, 1.165) is 16.9 Å². The summed E-state index contributed by atoms with van der Waals surface area (Å²) in [6.45, 7) is 2.36. The second kappa shape index (κ2) is 8.22. The summed E-state index contributed by atoms with van der Waals surface area (Å²) in [4.78, 5) is 30.7. The third kappa shape index (κ3) is 3.45. The third-order valence-electron chi connectivity index (χ3n) is 6.95. The van der Waals surface area contributed by atoms with Crippen molar-refractivity contribution in [3.63, 3.8) is 0 Å². The maximum atomic E-state index is 14.0. The monoisotopic (exact) mass is 436 g/mol. The molecular formula is C25H28N2O5. The lowest BCUT2D eigenvalue weighted by Crippen LogP contribution is -2.51. The van der Waals surface area contributed by atoms with Crippen molar-refractivity contribution in [1.29, 1.82) is 0 Å². The van der Waals surface area contributed by atoms with Crippen LogP contribution in [0.5, 0.6) is 5.75 Å². The van der Waals surface area contributed by atoms with Crippen LogP contribution in [0.25, 0.3) is 0 Å². The lowest BCUT2D eigenvalue weighted by atomic mass is 9.79. The van der Waals surface area contributed by atoms with Crippen molar-refractivity contribution in [3.05, 3.63) is 65.2 Å². The summed E-state index contributed by atoms with van der Waals surface area (Å²) in [6, 6.07) is 14.7. The maximum Gasteiger partial charge on any atom is 0.254 e. The average molecular weight is 437 g/mol. The fraction of sp³-hybridized carbons (Fsp3) is 0.440. The van der Waals surface area contributed by atoms with Crippen molar-refractivity contribution in [2.75, 3.05) is 40.5 Å². The Morgan fingerprint density at radius 2 is 1.69 bits per heavy atom. The van der Waals surface area contributed by atoms with Gasteiger partial charge in [0.15, 0.2) is 5.79 Å². The zero-order valence-corrected chi connectivity index (χ0v) is 18.5. The smallest absolute Gasteiger partial charge is 0.254 e. The van der Waals surface area contributed by atoms with E-state index in [0.29, 0.717) is 44.7 Å². The van der Waals surface area contributed by atoms with Crippen molar-refractivity contribution in [2.45, 2.75) is 30.6 Å². The van der Waals surface area contributed by atoms with Gasteiger partial charge in [-0.2, -0.15) is 0 Å². The Hall–Kier alpha value is -2.90. The van der Waals surface area contributed by atoms with E-state index in [-0.39, 0.29) is 11.8 Å². The van der Waals surface area contributed by atoms with Crippen LogP contribution in [0.1, 0.15) is 46.3 Å². The summed E-state index contributed by atoms with van der Waals surface area (Å²) in [6.07, 6.45) is 1.32. The first kappa shape index (κ1) is 21.0. The Balaban J connectivity index is 1.50. The molecule has 1 spiro atoms. The van der Waals surface area contributed by atoms with Crippen molar-refractivity contribution < 1.29 is 23.8 Å². The van der Waals surface area contributed by atoms with Crippen molar-refractivity contribution >= 4 is 11.8 Å². The summed E-state index contributed by atoms with van der Waals surface area (Å²) in [5, 5.41) is 0. The number of methoxy groups -OCH3 is 1. The SMILES string of the molecule is COc1ccc([C@@H]2[C@@H](C(=O)N3CCC4(CC3)OCCO4)c3ccccc3C(=O)N2C)cc1. The second-order valence-corrected chi connectivity index (χ2v) is 8.63. The minimum atomic E-state index is -0.538. The van der Waals surface area contributed by atoms with Gasteiger partial charge in [0, 0.05) is 38.5 Å². The lowest BCUT2D eigenvalue weighted by molar-refractivity contribution is -0.188.